The molecule has 0 spiro atoms. The van der Waals surface area contributed by atoms with Gasteiger partial charge in [0.2, 0.25) is 0 Å². The van der Waals surface area contributed by atoms with Crippen LogP contribution in [-0.2, 0) is 0 Å². The number of fused-ring (bicyclic) bond motifs is 1. The zero-order valence-corrected chi connectivity index (χ0v) is 13.7. The topological polar surface area (TPSA) is 79.0 Å². The van der Waals surface area contributed by atoms with Crippen molar-refractivity contribution in [1.29, 1.82) is 0 Å². The number of amides is 1. The molecule has 1 aliphatic heterocycles. The number of pyridine rings is 1. The van der Waals surface area contributed by atoms with Crippen molar-refractivity contribution in [3.8, 4) is 0 Å². The lowest BCUT2D eigenvalue weighted by Crippen LogP contribution is -2.38. The summed E-state index contributed by atoms with van der Waals surface area (Å²) in [5.74, 6) is 0.953. The van der Waals surface area contributed by atoms with Gasteiger partial charge in [-0.25, -0.2) is 4.98 Å². The van der Waals surface area contributed by atoms with E-state index in [2.05, 4.69) is 15.0 Å². The fraction of sp³-hybridized carbons (Fsp3) is 0.263. The Hall–Kier alpha value is -3.02. The highest BCUT2D eigenvalue weighted by Crippen LogP contribution is 2.26. The molecule has 2 aromatic heterocycles. The van der Waals surface area contributed by atoms with E-state index in [1.807, 2.05) is 35.2 Å². The van der Waals surface area contributed by atoms with Crippen molar-refractivity contribution >= 4 is 16.8 Å². The molecule has 126 valence electrons. The van der Waals surface area contributed by atoms with E-state index in [4.69, 9.17) is 0 Å². The summed E-state index contributed by atoms with van der Waals surface area (Å²) in [5, 5.41) is 0.967. The van der Waals surface area contributed by atoms with E-state index in [0.717, 1.165) is 29.6 Å². The number of aromatic nitrogens is 3. The quantitative estimate of drug-likeness (QED) is 0.780. The van der Waals surface area contributed by atoms with Crippen LogP contribution in [0.2, 0.25) is 0 Å². The first-order chi connectivity index (χ1) is 12.2. The van der Waals surface area contributed by atoms with Gasteiger partial charge >= 0.3 is 0 Å². The molecule has 0 radical (unpaired) electrons. The molecule has 25 heavy (non-hydrogen) atoms. The normalized spacial score (nSPS) is 15.4. The maximum atomic E-state index is 12.8. The summed E-state index contributed by atoms with van der Waals surface area (Å²) in [4.78, 5) is 37.4. The molecule has 1 amide bonds. The Bertz CT molecular complexity index is 974. The number of rotatable bonds is 2. The number of hydrogen-bond acceptors (Lipinski definition) is 4. The first-order valence-electron chi connectivity index (χ1n) is 8.40. The standard InChI is InChI=1S/C19H18N4O2/c24-17-5-9-21-18(22-17)13-6-10-23(11-7-13)19(25)15-3-4-16-14(12-15)2-1-8-20-16/h1-5,8-9,12-13H,6-7,10-11H2,(H,21,22,24). The monoisotopic (exact) mass is 334 g/mol. The summed E-state index contributed by atoms with van der Waals surface area (Å²) in [7, 11) is 0. The van der Waals surface area contributed by atoms with E-state index in [1.54, 1.807) is 6.20 Å². The highest BCUT2D eigenvalue weighted by atomic mass is 16.2. The molecule has 1 N–H and O–H groups in total. The fourth-order valence-electron chi connectivity index (χ4n) is 3.34. The molecular weight excluding hydrogens is 316 g/mol. The molecule has 0 saturated carbocycles. The number of H-pyrrole nitrogens is 1. The number of nitrogens with one attached hydrogen (secondary N) is 1. The van der Waals surface area contributed by atoms with E-state index >= 15 is 0 Å². The lowest BCUT2D eigenvalue weighted by Gasteiger charge is -2.31. The van der Waals surface area contributed by atoms with Crippen molar-refractivity contribution in [3.63, 3.8) is 0 Å². The summed E-state index contributed by atoms with van der Waals surface area (Å²) in [6.07, 6.45) is 4.88. The summed E-state index contributed by atoms with van der Waals surface area (Å²) < 4.78 is 0. The second-order valence-electron chi connectivity index (χ2n) is 6.30. The van der Waals surface area contributed by atoms with Gasteiger partial charge in [-0.1, -0.05) is 6.07 Å². The van der Waals surface area contributed by atoms with Gasteiger partial charge in [0, 0.05) is 48.4 Å². The van der Waals surface area contributed by atoms with Gasteiger partial charge in [0.15, 0.2) is 0 Å². The van der Waals surface area contributed by atoms with Crippen LogP contribution in [0.5, 0.6) is 0 Å². The molecule has 3 heterocycles. The Balaban J connectivity index is 1.47. The van der Waals surface area contributed by atoms with Crippen LogP contribution in [-0.4, -0.2) is 38.8 Å². The van der Waals surface area contributed by atoms with E-state index in [-0.39, 0.29) is 17.4 Å². The van der Waals surface area contributed by atoms with E-state index in [9.17, 15) is 9.59 Å². The number of hydrogen-bond donors (Lipinski definition) is 1. The molecule has 1 aliphatic rings. The van der Waals surface area contributed by atoms with Gasteiger partial charge in [0.1, 0.15) is 5.82 Å². The largest absolute Gasteiger partial charge is 0.339 e. The number of piperidine rings is 1. The number of carbonyl (C=O) groups is 1. The molecule has 0 atom stereocenters. The molecule has 6 nitrogen and oxygen atoms in total. The zero-order chi connectivity index (χ0) is 17.2. The number of carbonyl (C=O) groups excluding carboxylic acids is 1. The molecular formula is C19H18N4O2. The molecule has 1 fully saturated rings. The van der Waals surface area contributed by atoms with Gasteiger partial charge in [-0.15, -0.1) is 0 Å². The smallest absolute Gasteiger partial charge is 0.253 e. The maximum Gasteiger partial charge on any atom is 0.253 e. The van der Waals surface area contributed by atoms with Gasteiger partial charge in [-0.3, -0.25) is 14.6 Å². The van der Waals surface area contributed by atoms with Crippen LogP contribution in [0.25, 0.3) is 10.9 Å². The Morgan fingerprint density at radius 1 is 1.08 bits per heavy atom. The van der Waals surface area contributed by atoms with E-state index < -0.39 is 0 Å². The molecule has 0 bridgehead atoms. The zero-order valence-electron chi connectivity index (χ0n) is 13.7. The second kappa shape index (κ2) is 6.47. The van der Waals surface area contributed by atoms with Crippen LogP contribution in [0.3, 0.4) is 0 Å². The minimum atomic E-state index is -0.131. The summed E-state index contributed by atoms with van der Waals surface area (Å²) in [6.45, 7) is 1.32. The molecule has 3 aromatic rings. The molecule has 6 heteroatoms. The molecule has 4 rings (SSSR count). The van der Waals surface area contributed by atoms with Gasteiger partial charge < -0.3 is 9.88 Å². The van der Waals surface area contributed by atoms with Crippen molar-refractivity contribution in [2.45, 2.75) is 18.8 Å². The average Bonchev–Trinajstić information content (AvgIpc) is 2.67. The minimum absolute atomic E-state index is 0.0405. The average molecular weight is 334 g/mol. The SMILES string of the molecule is O=C(c1ccc2ncccc2c1)N1CCC(c2nccc(=O)[nH]2)CC1. The van der Waals surface area contributed by atoms with Gasteiger partial charge in [-0.05, 0) is 37.1 Å². The summed E-state index contributed by atoms with van der Waals surface area (Å²) in [6, 6.07) is 10.9. The molecule has 0 aliphatic carbocycles. The van der Waals surface area contributed by atoms with Gasteiger partial charge in [-0.2, -0.15) is 0 Å². The fourth-order valence-corrected chi connectivity index (χ4v) is 3.34. The number of benzene rings is 1. The van der Waals surface area contributed by atoms with Crippen molar-refractivity contribution in [2.24, 2.45) is 0 Å². The van der Waals surface area contributed by atoms with Crippen LogP contribution in [0.15, 0.2) is 53.6 Å². The number of nitrogens with zero attached hydrogens (tertiary/aromatic N) is 3. The first-order valence-corrected chi connectivity index (χ1v) is 8.40. The van der Waals surface area contributed by atoms with E-state index in [0.29, 0.717) is 18.7 Å². The van der Waals surface area contributed by atoms with Gasteiger partial charge in [0.25, 0.3) is 11.5 Å². The van der Waals surface area contributed by atoms with Crippen molar-refractivity contribution in [2.75, 3.05) is 13.1 Å². The minimum Gasteiger partial charge on any atom is -0.339 e. The highest BCUT2D eigenvalue weighted by molar-refractivity contribution is 5.98. The third kappa shape index (κ3) is 3.15. The lowest BCUT2D eigenvalue weighted by molar-refractivity contribution is 0.0711. The Labute approximate surface area is 144 Å². The van der Waals surface area contributed by atoms with Crippen LogP contribution in [0.1, 0.15) is 34.9 Å². The molecule has 1 saturated heterocycles. The predicted octanol–water partition coefficient (Wildman–Crippen LogP) is 2.34. The molecule has 1 aromatic carbocycles. The van der Waals surface area contributed by atoms with Crippen LogP contribution in [0.4, 0.5) is 0 Å². The van der Waals surface area contributed by atoms with Crippen LogP contribution < -0.4 is 5.56 Å². The number of aromatic amines is 1. The van der Waals surface area contributed by atoms with Gasteiger partial charge in [0.05, 0.1) is 5.52 Å². The Kier molecular flexibility index (Phi) is 4.01. The maximum absolute atomic E-state index is 12.8. The van der Waals surface area contributed by atoms with E-state index in [1.165, 1.54) is 12.3 Å². The number of likely N-dealkylation sites (tertiary alicyclic amines) is 1. The third-order valence-electron chi connectivity index (χ3n) is 4.71. The Morgan fingerprint density at radius 2 is 1.92 bits per heavy atom. The van der Waals surface area contributed by atoms with Crippen molar-refractivity contribution < 1.29 is 4.79 Å². The van der Waals surface area contributed by atoms with Crippen LogP contribution >= 0.6 is 0 Å². The second-order valence-corrected chi connectivity index (χ2v) is 6.30. The molecule has 0 unspecified atom stereocenters. The van der Waals surface area contributed by atoms with Crippen molar-refractivity contribution in [1.82, 2.24) is 19.9 Å². The predicted molar refractivity (Wildman–Crippen MR) is 94.5 cm³/mol. The summed E-state index contributed by atoms with van der Waals surface area (Å²) in [5.41, 5.74) is 1.44. The van der Waals surface area contributed by atoms with Crippen LogP contribution in [0, 0.1) is 0 Å². The highest BCUT2D eigenvalue weighted by Gasteiger charge is 2.25. The third-order valence-corrected chi connectivity index (χ3v) is 4.71. The first kappa shape index (κ1) is 15.5. The lowest BCUT2D eigenvalue weighted by atomic mass is 9.95. The Morgan fingerprint density at radius 3 is 2.72 bits per heavy atom. The summed E-state index contributed by atoms with van der Waals surface area (Å²) >= 11 is 0. The van der Waals surface area contributed by atoms with Crippen molar-refractivity contribution in [3.05, 3.63) is 70.5 Å².